The summed E-state index contributed by atoms with van der Waals surface area (Å²) in [5, 5.41) is 9.97. The molecule has 124 valence electrons. The lowest BCUT2D eigenvalue weighted by molar-refractivity contribution is 0.304. The van der Waals surface area contributed by atoms with Crippen LogP contribution in [0.4, 0.5) is 0 Å². The Morgan fingerprint density at radius 2 is 1.52 bits per heavy atom. The van der Waals surface area contributed by atoms with Gasteiger partial charge in [0.2, 0.25) is 0 Å². The molecule has 0 atom stereocenters. The van der Waals surface area contributed by atoms with Gasteiger partial charge < -0.3 is 9.84 Å². The van der Waals surface area contributed by atoms with Crippen LogP contribution in [0.25, 0.3) is 11.1 Å². The maximum Gasteiger partial charge on any atom is 0.137 e. The molecule has 23 heavy (non-hydrogen) atoms. The molecule has 0 spiro atoms. The van der Waals surface area contributed by atoms with Gasteiger partial charge in [-0.1, -0.05) is 68.8 Å². The maximum atomic E-state index is 9.34. The quantitative estimate of drug-likeness (QED) is 0.534. The molecule has 0 aliphatic carbocycles. The van der Waals surface area contributed by atoms with E-state index in [9.17, 15) is 5.11 Å². The highest BCUT2D eigenvalue weighted by Gasteiger charge is 2.05. The number of rotatable bonds is 9. The molecule has 0 radical (unpaired) electrons. The van der Waals surface area contributed by atoms with Crippen LogP contribution in [0.2, 0.25) is 5.02 Å². The Kier molecular flexibility index (Phi) is 7.28. The van der Waals surface area contributed by atoms with Crippen LogP contribution in [-0.4, -0.2) is 11.7 Å². The summed E-state index contributed by atoms with van der Waals surface area (Å²) in [4.78, 5) is 0. The highest BCUT2D eigenvalue weighted by Crippen LogP contribution is 2.31. The molecule has 2 rings (SSSR count). The Hall–Kier alpha value is -1.67. The lowest BCUT2D eigenvalue weighted by atomic mass is 10.1. The lowest BCUT2D eigenvalue weighted by Gasteiger charge is -2.10. The molecule has 0 aliphatic heterocycles. The number of hydrogen-bond acceptors (Lipinski definition) is 2. The van der Waals surface area contributed by atoms with Crippen molar-refractivity contribution in [1.82, 2.24) is 0 Å². The second-order valence-electron chi connectivity index (χ2n) is 5.81. The van der Waals surface area contributed by atoms with E-state index in [0.29, 0.717) is 11.6 Å². The Labute approximate surface area is 144 Å². The van der Waals surface area contributed by atoms with Crippen molar-refractivity contribution in [2.75, 3.05) is 6.61 Å². The fourth-order valence-corrected chi connectivity index (χ4v) is 2.75. The zero-order valence-corrected chi connectivity index (χ0v) is 14.5. The summed E-state index contributed by atoms with van der Waals surface area (Å²) in [6.07, 6.45) is 7.48. The first-order chi connectivity index (χ1) is 11.2. The van der Waals surface area contributed by atoms with Gasteiger partial charge in [0.1, 0.15) is 11.5 Å². The van der Waals surface area contributed by atoms with Crippen LogP contribution in [0.5, 0.6) is 11.5 Å². The number of hydrogen-bond donors (Lipinski definition) is 1. The van der Waals surface area contributed by atoms with Crippen molar-refractivity contribution < 1.29 is 9.84 Å². The van der Waals surface area contributed by atoms with Crippen molar-refractivity contribution in [2.24, 2.45) is 0 Å². The van der Waals surface area contributed by atoms with Gasteiger partial charge >= 0.3 is 0 Å². The second kappa shape index (κ2) is 9.46. The minimum absolute atomic E-state index is 0.263. The zero-order valence-electron chi connectivity index (χ0n) is 13.7. The molecule has 0 unspecified atom stereocenters. The van der Waals surface area contributed by atoms with Crippen molar-refractivity contribution in [1.29, 1.82) is 0 Å². The summed E-state index contributed by atoms with van der Waals surface area (Å²) in [5.74, 6) is 1.00. The van der Waals surface area contributed by atoms with Crippen molar-refractivity contribution in [3.8, 4) is 22.6 Å². The number of ether oxygens (including phenoxy) is 1. The first-order valence-electron chi connectivity index (χ1n) is 8.42. The van der Waals surface area contributed by atoms with Crippen molar-refractivity contribution in [3.05, 3.63) is 47.5 Å². The van der Waals surface area contributed by atoms with E-state index in [0.717, 1.165) is 23.3 Å². The van der Waals surface area contributed by atoms with E-state index in [1.54, 1.807) is 12.1 Å². The zero-order chi connectivity index (χ0) is 16.5. The predicted molar refractivity (Wildman–Crippen MR) is 97.4 cm³/mol. The number of benzene rings is 2. The van der Waals surface area contributed by atoms with E-state index in [4.69, 9.17) is 16.3 Å². The topological polar surface area (TPSA) is 29.5 Å². The largest absolute Gasteiger partial charge is 0.508 e. The number of phenolic OH excluding ortho intramolecular Hbond substituents is 1. The maximum absolute atomic E-state index is 9.34. The molecule has 1 N–H and O–H groups in total. The van der Waals surface area contributed by atoms with Crippen LogP contribution in [0.1, 0.15) is 45.4 Å². The lowest BCUT2D eigenvalue weighted by Crippen LogP contribution is -1.98. The van der Waals surface area contributed by atoms with Crippen LogP contribution in [0.3, 0.4) is 0 Å². The smallest absolute Gasteiger partial charge is 0.137 e. The molecule has 0 amide bonds. The van der Waals surface area contributed by atoms with E-state index < -0.39 is 0 Å². The highest BCUT2D eigenvalue weighted by atomic mass is 35.5. The normalized spacial score (nSPS) is 10.7. The van der Waals surface area contributed by atoms with Gasteiger partial charge in [-0.3, -0.25) is 0 Å². The van der Waals surface area contributed by atoms with Gasteiger partial charge in [0, 0.05) is 0 Å². The third-order valence-electron chi connectivity index (χ3n) is 3.89. The molecule has 0 aromatic heterocycles. The molecule has 3 heteroatoms. The third-order valence-corrected chi connectivity index (χ3v) is 4.18. The van der Waals surface area contributed by atoms with Crippen LogP contribution >= 0.6 is 11.6 Å². The molecule has 0 bridgehead atoms. The van der Waals surface area contributed by atoms with Gasteiger partial charge in [0.25, 0.3) is 0 Å². The fourth-order valence-electron chi connectivity index (χ4n) is 2.52. The van der Waals surface area contributed by atoms with E-state index in [1.165, 1.54) is 32.1 Å². The number of aromatic hydroxyl groups is 1. The minimum Gasteiger partial charge on any atom is -0.508 e. The summed E-state index contributed by atoms with van der Waals surface area (Å²) in [5.41, 5.74) is 2.04. The molecule has 2 nitrogen and oxygen atoms in total. The molecular weight excluding hydrogens is 308 g/mol. The number of unbranched alkanes of at least 4 members (excludes halogenated alkanes) is 5. The highest BCUT2D eigenvalue weighted by molar-refractivity contribution is 6.32. The second-order valence-corrected chi connectivity index (χ2v) is 6.22. The van der Waals surface area contributed by atoms with E-state index in [-0.39, 0.29) is 5.75 Å². The first kappa shape index (κ1) is 17.7. The van der Waals surface area contributed by atoms with Crippen LogP contribution < -0.4 is 4.74 Å². The molecular formula is C20H25ClO2. The van der Waals surface area contributed by atoms with Crippen molar-refractivity contribution in [2.45, 2.75) is 45.4 Å². The summed E-state index contributed by atoms with van der Waals surface area (Å²) in [6.45, 7) is 2.94. The average molecular weight is 333 g/mol. The Morgan fingerprint density at radius 1 is 0.870 bits per heavy atom. The van der Waals surface area contributed by atoms with Crippen LogP contribution in [0, 0.1) is 0 Å². The number of halogens is 1. The molecule has 0 saturated carbocycles. The Bertz CT molecular complexity index is 593. The molecule has 0 aliphatic rings. The van der Waals surface area contributed by atoms with Crippen molar-refractivity contribution >= 4 is 11.6 Å². The van der Waals surface area contributed by atoms with Gasteiger partial charge in [-0.25, -0.2) is 0 Å². The third kappa shape index (κ3) is 5.80. The van der Waals surface area contributed by atoms with Gasteiger partial charge in [-0.15, -0.1) is 0 Å². The van der Waals surface area contributed by atoms with Gasteiger partial charge in [0.15, 0.2) is 0 Å². The standard InChI is InChI=1S/C20H25ClO2/c1-2-3-4-5-6-7-14-23-20-13-10-17(15-19(20)21)16-8-11-18(22)12-9-16/h8-13,15,22H,2-7,14H2,1H3. The first-order valence-corrected chi connectivity index (χ1v) is 8.80. The van der Waals surface area contributed by atoms with E-state index >= 15 is 0 Å². The Morgan fingerprint density at radius 3 is 2.22 bits per heavy atom. The van der Waals surface area contributed by atoms with Gasteiger partial charge in [0.05, 0.1) is 11.6 Å². The monoisotopic (exact) mass is 332 g/mol. The minimum atomic E-state index is 0.263. The number of phenols is 1. The fraction of sp³-hybridized carbons (Fsp3) is 0.400. The van der Waals surface area contributed by atoms with Crippen molar-refractivity contribution in [3.63, 3.8) is 0 Å². The predicted octanol–water partition coefficient (Wildman–Crippen LogP) is 6.45. The molecule has 0 saturated heterocycles. The average Bonchev–Trinajstić information content (AvgIpc) is 2.56. The van der Waals surface area contributed by atoms with E-state index in [2.05, 4.69) is 6.92 Å². The molecule has 0 fully saturated rings. The van der Waals surface area contributed by atoms with Crippen LogP contribution in [0.15, 0.2) is 42.5 Å². The summed E-state index contributed by atoms with van der Waals surface area (Å²) in [7, 11) is 0. The van der Waals surface area contributed by atoms with Gasteiger partial charge in [-0.05, 0) is 41.8 Å². The van der Waals surface area contributed by atoms with Gasteiger partial charge in [-0.2, -0.15) is 0 Å². The molecule has 0 heterocycles. The van der Waals surface area contributed by atoms with Crippen LogP contribution in [-0.2, 0) is 0 Å². The van der Waals surface area contributed by atoms with E-state index in [1.807, 2.05) is 30.3 Å². The summed E-state index contributed by atoms with van der Waals surface area (Å²) < 4.78 is 5.78. The SMILES string of the molecule is CCCCCCCCOc1ccc(-c2ccc(O)cc2)cc1Cl. The summed E-state index contributed by atoms with van der Waals surface area (Å²) >= 11 is 6.32. The summed E-state index contributed by atoms with van der Waals surface area (Å²) in [6, 6.07) is 12.9. The molecule has 2 aromatic carbocycles. The molecule has 2 aromatic rings. The Balaban J connectivity index is 1.83.